The maximum Gasteiger partial charge on any atom is 0.278 e. The van der Waals surface area contributed by atoms with Crippen LogP contribution >= 0.6 is 0 Å². The van der Waals surface area contributed by atoms with E-state index in [-0.39, 0.29) is 11.6 Å². The predicted molar refractivity (Wildman–Crippen MR) is 92.2 cm³/mol. The SMILES string of the molecule is CCN(CC)c1ccc(NC(=O)c2ncoc2-c2ccco2)cc1. The van der Waals surface area contributed by atoms with Crippen LogP contribution in [0.3, 0.4) is 0 Å². The van der Waals surface area contributed by atoms with Crippen molar-refractivity contribution in [1.29, 1.82) is 0 Å². The minimum Gasteiger partial charge on any atom is -0.461 e. The van der Waals surface area contributed by atoms with Crippen LogP contribution in [0.1, 0.15) is 24.3 Å². The first kappa shape index (κ1) is 15.9. The molecular formula is C18H19N3O3. The molecule has 0 saturated carbocycles. The Kier molecular flexibility index (Phi) is 4.65. The van der Waals surface area contributed by atoms with Crippen LogP contribution in [-0.4, -0.2) is 24.0 Å². The Balaban J connectivity index is 1.75. The van der Waals surface area contributed by atoms with Crippen molar-refractivity contribution in [2.45, 2.75) is 13.8 Å². The maximum atomic E-state index is 12.4. The monoisotopic (exact) mass is 325 g/mol. The lowest BCUT2D eigenvalue weighted by Crippen LogP contribution is -2.21. The number of carbonyl (C=O) groups is 1. The van der Waals surface area contributed by atoms with Crippen molar-refractivity contribution >= 4 is 17.3 Å². The van der Waals surface area contributed by atoms with E-state index in [9.17, 15) is 4.79 Å². The third-order valence-electron chi connectivity index (χ3n) is 3.78. The van der Waals surface area contributed by atoms with Gasteiger partial charge in [0.2, 0.25) is 5.76 Å². The van der Waals surface area contributed by atoms with Gasteiger partial charge in [-0.25, -0.2) is 4.98 Å². The summed E-state index contributed by atoms with van der Waals surface area (Å²) >= 11 is 0. The van der Waals surface area contributed by atoms with Gasteiger partial charge in [0.1, 0.15) is 0 Å². The van der Waals surface area contributed by atoms with E-state index in [2.05, 4.69) is 29.0 Å². The summed E-state index contributed by atoms with van der Waals surface area (Å²) < 4.78 is 10.5. The summed E-state index contributed by atoms with van der Waals surface area (Å²) in [6, 6.07) is 11.2. The van der Waals surface area contributed by atoms with Gasteiger partial charge in [-0.2, -0.15) is 0 Å². The summed E-state index contributed by atoms with van der Waals surface area (Å²) in [7, 11) is 0. The highest BCUT2D eigenvalue weighted by molar-refractivity contribution is 6.06. The second-order valence-corrected chi connectivity index (χ2v) is 5.18. The van der Waals surface area contributed by atoms with E-state index in [1.165, 1.54) is 12.7 Å². The van der Waals surface area contributed by atoms with Crippen molar-refractivity contribution in [2.24, 2.45) is 0 Å². The van der Waals surface area contributed by atoms with E-state index in [0.717, 1.165) is 18.8 Å². The number of furan rings is 1. The molecule has 0 aliphatic heterocycles. The smallest absolute Gasteiger partial charge is 0.278 e. The molecule has 6 nitrogen and oxygen atoms in total. The fourth-order valence-electron chi connectivity index (χ4n) is 2.53. The number of benzene rings is 1. The molecule has 6 heteroatoms. The summed E-state index contributed by atoms with van der Waals surface area (Å²) in [5.41, 5.74) is 2.01. The average molecular weight is 325 g/mol. The van der Waals surface area contributed by atoms with Gasteiger partial charge in [-0.3, -0.25) is 4.79 Å². The van der Waals surface area contributed by atoms with Crippen LogP contribution in [-0.2, 0) is 0 Å². The zero-order valence-corrected chi connectivity index (χ0v) is 13.7. The lowest BCUT2D eigenvalue weighted by atomic mass is 10.2. The summed E-state index contributed by atoms with van der Waals surface area (Å²) in [6.07, 6.45) is 2.75. The highest BCUT2D eigenvalue weighted by atomic mass is 16.4. The molecular weight excluding hydrogens is 306 g/mol. The standard InChI is InChI=1S/C18H19N3O3/c1-3-21(4-2)14-9-7-13(8-10-14)20-18(22)16-17(24-12-19-16)15-6-5-11-23-15/h5-12H,3-4H2,1-2H3,(H,20,22). The van der Waals surface area contributed by atoms with Gasteiger partial charge in [0, 0.05) is 24.5 Å². The van der Waals surface area contributed by atoms with Gasteiger partial charge in [0.25, 0.3) is 5.91 Å². The molecule has 0 atom stereocenters. The minimum absolute atomic E-state index is 0.192. The van der Waals surface area contributed by atoms with Crippen molar-refractivity contribution in [3.63, 3.8) is 0 Å². The van der Waals surface area contributed by atoms with E-state index < -0.39 is 0 Å². The third kappa shape index (κ3) is 3.17. The average Bonchev–Trinajstić information content (AvgIpc) is 3.28. The Morgan fingerprint density at radius 3 is 2.50 bits per heavy atom. The van der Waals surface area contributed by atoms with E-state index in [1.807, 2.05) is 24.3 Å². The van der Waals surface area contributed by atoms with Gasteiger partial charge in [-0.05, 0) is 50.2 Å². The van der Waals surface area contributed by atoms with Crippen LogP contribution in [0.5, 0.6) is 0 Å². The van der Waals surface area contributed by atoms with Crippen molar-refractivity contribution in [3.8, 4) is 11.5 Å². The number of hydrogen-bond donors (Lipinski definition) is 1. The van der Waals surface area contributed by atoms with E-state index in [0.29, 0.717) is 17.2 Å². The van der Waals surface area contributed by atoms with Crippen molar-refractivity contribution in [1.82, 2.24) is 4.98 Å². The summed E-state index contributed by atoms with van der Waals surface area (Å²) in [4.78, 5) is 18.7. The first-order chi connectivity index (χ1) is 11.7. The highest BCUT2D eigenvalue weighted by Crippen LogP contribution is 2.24. The van der Waals surface area contributed by atoms with Gasteiger partial charge in [0.05, 0.1) is 6.26 Å². The summed E-state index contributed by atoms with van der Waals surface area (Å²) in [5.74, 6) is 0.442. The van der Waals surface area contributed by atoms with Gasteiger partial charge >= 0.3 is 0 Å². The molecule has 24 heavy (non-hydrogen) atoms. The van der Waals surface area contributed by atoms with Crippen LogP contribution in [0, 0.1) is 0 Å². The number of rotatable bonds is 6. The Hall–Kier alpha value is -3.02. The Bertz CT molecular complexity index is 787. The van der Waals surface area contributed by atoms with Gasteiger partial charge in [-0.15, -0.1) is 0 Å². The molecule has 1 N–H and O–H groups in total. The molecule has 0 aliphatic carbocycles. The lowest BCUT2D eigenvalue weighted by molar-refractivity contribution is 0.102. The zero-order chi connectivity index (χ0) is 16.9. The highest BCUT2D eigenvalue weighted by Gasteiger charge is 2.20. The lowest BCUT2D eigenvalue weighted by Gasteiger charge is -2.21. The van der Waals surface area contributed by atoms with E-state index in [4.69, 9.17) is 8.83 Å². The summed E-state index contributed by atoms with van der Waals surface area (Å²) in [6.45, 7) is 6.10. The topological polar surface area (TPSA) is 71.5 Å². The van der Waals surface area contributed by atoms with Gasteiger partial charge in [0.15, 0.2) is 17.8 Å². The molecule has 0 bridgehead atoms. The zero-order valence-electron chi connectivity index (χ0n) is 13.7. The molecule has 3 rings (SSSR count). The number of aromatic nitrogens is 1. The molecule has 0 radical (unpaired) electrons. The van der Waals surface area contributed by atoms with Gasteiger partial charge in [-0.1, -0.05) is 0 Å². The van der Waals surface area contributed by atoms with Crippen LogP contribution < -0.4 is 10.2 Å². The molecule has 0 spiro atoms. The number of nitrogens with zero attached hydrogens (tertiary/aromatic N) is 2. The molecule has 124 valence electrons. The Labute approximate surface area is 140 Å². The largest absolute Gasteiger partial charge is 0.461 e. The van der Waals surface area contributed by atoms with Crippen molar-refractivity contribution in [3.05, 3.63) is 54.7 Å². The number of oxazole rings is 1. The number of amides is 1. The molecule has 0 unspecified atom stereocenters. The van der Waals surface area contributed by atoms with Gasteiger partial charge < -0.3 is 19.1 Å². The first-order valence-electron chi connectivity index (χ1n) is 7.86. The first-order valence-corrected chi connectivity index (χ1v) is 7.86. The molecule has 2 aromatic heterocycles. The number of hydrogen-bond acceptors (Lipinski definition) is 5. The quantitative estimate of drug-likeness (QED) is 0.741. The normalized spacial score (nSPS) is 10.6. The van der Waals surface area contributed by atoms with E-state index >= 15 is 0 Å². The van der Waals surface area contributed by atoms with Crippen molar-refractivity contribution < 1.29 is 13.6 Å². The summed E-state index contributed by atoms with van der Waals surface area (Å²) in [5, 5.41) is 2.83. The Morgan fingerprint density at radius 2 is 1.88 bits per heavy atom. The predicted octanol–water partition coefficient (Wildman–Crippen LogP) is 4.03. The van der Waals surface area contributed by atoms with Crippen LogP contribution in [0.25, 0.3) is 11.5 Å². The van der Waals surface area contributed by atoms with Crippen LogP contribution in [0.2, 0.25) is 0 Å². The molecule has 0 fully saturated rings. The molecule has 3 aromatic rings. The van der Waals surface area contributed by atoms with Crippen LogP contribution in [0.15, 0.2) is 57.9 Å². The minimum atomic E-state index is -0.342. The second-order valence-electron chi connectivity index (χ2n) is 5.18. The van der Waals surface area contributed by atoms with E-state index in [1.54, 1.807) is 12.1 Å². The molecule has 1 aromatic carbocycles. The number of nitrogens with one attached hydrogen (secondary N) is 1. The maximum absolute atomic E-state index is 12.4. The van der Waals surface area contributed by atoms with Crippen LogP contribution in [0.4, 0.5) is 11.4 Å². The number of carbonyl (C=O) groups excluding carboxylic acids is 1. The molecule has 1 amide bonds. The fraction of sp³-hybridized carbons (Fsp3) is 0.222. The molecule has 2 heterocycles. The third-order valence-corrected chi connectivity index (χ3v) is 3.78. The second kappa shape index (κ2) is 7.04. The van der Waals surface area contributed by atoms with Crippen molar-refractivity contribution in [2.75, 3.05) is 23.3 Å². The molecule has 0 saturated heterocycles. The Morgan fingerprint density at radius 1 is 1.12 bits per heavy atom. The fourth-order valence-corrected chi connectivity index (χ4v) is 2.53. The molecule has 0 aliphatic rings. The number of anilines is 2.